The topological polar surface area (TPSA) is 32.8 Å². The molecule has 0 N–H and O–H groups in total. The third-order valence-electron chi connectivity index (χ3n) is 4.77. The Morgan fingerprint density at radius 2 is 1.65 bits per heavy atom. The van der Waals surface area contributed by atoms with Crippen LogP contribution in [0.4, 0.5) is 5.69 Å². The van der Waals surface area contributed by atoms with Crippen molar-refractivity contribution >= 4 is 23.2 Å². The Balaban J connectivity index is 1.55. The number of anilines is 1. The third kappa shape index (κ3) is 4.13. The number of rotatable bonds is 4. The van der Waals surface area contributed by atoms with Crippen molar-refractivity contribution in [1.29, 1.82) is 0 Å². The van der Waals surface area contributed by atoms with E-state index >= 15 is 0 Å². The summed E-state index contributed by atoms with van der Waals surface area (Å²) in [5.74, 6) is 0.849. The summed E-state index contributed by atoms with van der Waals surface area (Å²) in [5, 5.41) is 0.751. The Labute approximate surface area is 160 Å². The summed E-state index contributed by atoms with van der Waals surface area (Å²) in [6.45, 7) is 9.09. The number of ether oxygens (including phenoxy) is 1. The highest BCUT2D eigenvalue weighted by Gasteiger charge is 2.22. The minimum absolute atomic E-state index is 0.0307. The molecule has 2 aromatic rings. The van der Waals surface area contributed by atoms with Crippen molar-refractivity contribution in [3.05, 3.63) is 58.1 Å². The van der Waals surface area contributed by atoms with Gasteiger partial charge in [0.2, 0.25) is 0 Å². The van der Waals surface area contributed by atoms with Gasteiger partial charge in [-0.1, -0.05) is 41.4 Å². The number of carbonyl (C=O) groups excluding carboxylic acids is 1. The van der Waals surface area contributed by atoms with Crippen molar-refractivity contribution in [2.45, 2.75) is 20.8 Å². The monoisotopic (exact) mass is 372 g/mol. The molecule has 0 aliphatic carbocycles. The maximum Gasteiger partial charge on any atom is 0.260 e. The first-order valence-corrected chi connectivity index (χ1v) is 9.31. The van der Waals surface area contributed by atoms with E-state index in [1.54, 1.807) is 0 Å². The Bertz CT molecular complexity index is 775. The van der Waals surface area contributed by atoms with Gasteiger partial charge in [0.1, 0.15) is 5.75 Å². The molecule has 138 valence electrons. The summed E-state index contributed by atoms with van der Waals surface area (Å²) in [5.41, 5.74) is 4.37. The minimum atomic E-state index is 0.0307. The number of nitrogens with zero attached hydrogens (tertiary/aromatic N) is 2. The van der Waals surface area contributed by atoms with Gasteiger partial charge in [0, 0.05) is 26.2 Å². The molecule has 0 aromatic heterocycles. The van der Waals surface area contributed by atoms with Crippen LogP contribution in [0.3, 0.4) is 0 Å². The summed E-state index contributed by atoms with van der Waals surface area (Å²) in [4.78, 5) is 16.6. The van der Waals surface area contributed by atoms with Crippen LogP contribution in [0.5, 0.6) is 5.75 Å². The standard InChI is InChI=1S/C21H25ClN2O2/c1-15-12-16(2)21(17(3)13-15)26-14-20(25)24-10-8-23(9-11-24)19-7-5-4-6-18(19)22/h4-7,12-13H,8-11,14H2,1-3H3. The second-order valence-corrected chi connectivity index (χ2v) is 7.24. The lowest BCUT2D eigenvalue weighted by atomic mass is 10.1. The number of piperazine rings is 1. The van der Waals surface area contributed by atoms with Gasteiger partial charge in [0.15, 0.2) is 6.61 Å². The van der Waals surface area contributed by atoms with Crippen LogP contribution in [-0.2, 0) is 4.79 Å². The van der Waals surface area contributed by atoms with Gasteiger partial charge in [-0.2, -0.15) is 0 Å². The zero-order valence-electron chi connectivity index (χ0n) is 15.6. The number of para-hydroxylation sites is 1. The van der Waals surface area contributed by atoms with Crippen molar-refractivity contribution in [1.82, 2.24) is 4.90 Å². The first-order valence-electron chi connectivity index (χ1n) is 8.93. The van der Waals surface area contributed by atoms with Crippen molar-refractivity contribution in [2.75, 3.05) is 37.7 Å². The van der Waals surface area contributed by atoms with Crippen molar-refractivity contribution in [3.8, 4) is 5.75 Å². The van der Waals surface area contributed by atoms with Gasteiger partial charge in [-0.25, -0.2) is 0 Å². The summed E-state index contributed by atoms with van der Waals surface area (Å²) in [6.07, 6.45) is 0. The van der Waals surface area contributed by atoms with Crippen LogP contribution in [0, 0.1) is 20.8 Å². The highest BCUT2D eigenvalue weighted by molar-refractivity contribution is 6.33. The average molecular weight is 373 g/mol. The van der Waals surface area contributed by atoms with Crippen LogP contribution in [0.1, 0.15) is 16.7 Å². The molecular formula is C21H25ClN2O2. The van der Waals surface area contributed by atoms with E-state index in [2.05, 4.69) is 24.0 Å². The fourth-order valence-corrected chi connectivity index (χ4v) is 3.78. The molecule has 26 heavy (non-hydrogen) atoms. The van der Waals surface area contributed by atoms with Crippen LogP contribution < -0.4 is 9.64 Å². The second kappa shape index (κ2) is 8.00. The number of aryl methyl sites for hydroxylation is 3. The van der Waals surface area contributed by atoms with E-state index in [0.29, 0.717) is 13.1 Å². The van der Waals surface area contributed by atoms with Crippen LogP contribution >= 0.6 is 11.6 Å². The predicted molar refractivity (Wildman–Crippen MR) is 106 cm³/mol. The van der Waals surface area contributed by atoms with E-state index in [9.17, 15) is 4.79 Å². The number of amides is 1. The SMILES string of the molecule is Cc1cc(C)c(OCC(=O)N2CCN(c3ccccc3Cl)CC2)c(C)c1. The lowest BCUT2D eigenvalue weighted by molar-refractivity contribution is -0.133. The van der Waals surface area contributed by atoms with Crippen molar-refractivity contribution in [3.63, 3.8) is 0 Å². The molecule has 0 unspecified atom stereocenters. The lowest BCUT2D eigenvalue weighted by Crippen LogP contribution is -2.50. The number of carbonyl (C=O) groups is 1. The normalized spacial score (nSPS) is 14.5. The molecule has 1 amide bonds. The largest absolute Gasteiger partial charge is 0.483 e. The highest BCUT2D eigenvalue weighted by Crippen LogP contribution is 2.27. The van der Waals surface area contributed by atoms with Gasteiger partial charge >= 0.3 is 0 Å². The second-order valence-electron chi connectivity index (χ2n) is 6.84. The quantitative estimate of drug-likeness (QED) is 0.813. The molecule has 0 spiro atoms. The Morgan fingerprint density at radius 3 is 2.27 bits per heavy atom. The zero-order chi connectivity index (χ0) is 18.7. The van der Waals surface area contributed by atoms with Gasteiger partial charge in [0.25, 0.3) is 5.91 Å². The molecule has 5 heteroatoms. The number of hydrogen-bond donors (Lipinski definition) is 0. The molecule has 1 aliphatic heterocycles. The number of halogens is 1. The molecule has 1 aliphatic rings. The Hall–Kier alpha value is -2.20. The third-order valence-corrected chi connectivity index (χ3v) is 5.09. The van der Waals surface area contributed by atoms with Gasteiger partial charge in [0.05, 0.1) is 10.7 Å². The highest BCUT2D eigenvalue weighted by atomic mass is 35.5. The molecule has 4 nitrogen and oxygen atoms in total. The van der Waals surface area contributed by atoms with Crippen molar-refractivity contribution < 1.29 is 9.53 Å². The average Bonchev–Trinajstić information content (AvgIpc) is 2.61. The predicted octanol–water partition coefficient (Wildman–Crippen LogP) is 3.99. The molecule has 1 heterocycles. The van der Waals surface area contributed by atoms with Gasteiger partial charge in [-0.05, 0) is 44.0 Å². The summed E-state index contributed by atoms with van der Waals surface area (Å²) >= 11 is 6.27. The molecule has 0 bridgehead atoms. The molecule has 0 saturated carbocycles. The van der Waals surface area contributed by atoms with E-state index in [4.69, 9.17) is 16.3 Å². The lowest BCUT2D eigenvalue weighted by Gasteiger charge is -2.36. The zero-order valence-corrected chi connectivity index (χ0v) is 16.3. The fraction of sp³-hybridized carbons (Fsp3) is 0.381. The minimum Gasteiger partial charge on any atom is -0.483 e. The van der Waals surface area contributed by atoms with E-state index in [-0.39, 0.29) is 12.5 Å². The molecule has 0 atom stereocenters. The Morgan fingerprint density at radius 1 is 1.04 bits per heavy atom. The fourth-order valence-electron chi connectivity index (χ4n) is 3.52. The molecule has 1 saturated heterocycles. The van der Waals surface area contributed by atoms with Gasteiger partial charge in [-0.3, -0.25) is 4.79 Å². The van der Waals surface area contributed by atoms with Crippen LogP contribution in [0.15, 0.2) is 36.4 Å². The number of benzene rings is 2. The molecule has 1 fully saturated rings. The molecule has 0 radical (unpaired) electrons. The first-order chi connectivity index (χ1) is 12.5. The van der Waals surface area contributed by atoms with E-state index < -0.39 is 0 Å². The molecule has 3 rings (SSSR count). The van der Waals surface area contributed by atoms with Crippen molar-refractivity contribution in [2.24, 2.45) is 0 Å². The smallest absolute Gasteiger partial charge is 0.260 e. The summed E-state index contributed by atoms with van der Waals surface area (Å²) in [6, 6.07) is 12.0. The number of hydrogen-bond acceptors (Lipinski definition) is 3. The van der Waals surface area contributed by atoms with Gasteiger partial charge in [-0.15, -0.1) is 0 Å². The summed E-state index contributed by atoms with van der Waals surface area (Å²) < 4.78 is 5.84. The van der Waals surface area contributed by atoms with Crippen LogP contribution in [0.25, 0.3) is 0 Å². The molecular weight excluding hydrogens is 348 g/mol. The molecule has 2 aromatic carbocycles. The van der Waals surface area contributed by atoms with Gasteiger partial charge < -0.3 is 14.5 Å². The maximum absolute atomic E-state index is 12.5. The van der Waals surface area contributed by atoms with Crippen LogP contribution in [0.2, 0.25) is 5.02 Å². The Kier molecular flexibility index (Phi) is 5.72. The van der Waals surface area contributed by atoms with E-state index in [0.717, 1.165) is 40.7 Å². The van der Waals surface area contributed by atoms with Crippen LogP contribution in [-0.4, -0.2) is 43.6 Å². The van der Waals surface area contributed by atoms with E-state index in [1.807, 2.05) is 43.0 Å². The summed E-state index contributed by atoms with van der Waals surface area (Å²) in [7, 11) is 0. The van der Waals surface area contributed by atoms with E-state index in [1.165, 1.54) is 5.56 Å². The maximum atomic E-state index is 12.5. The first kappa shape index (κ1) is 18.6.